The molecule has 30 heavy (non-hydrogen) atoms. The number of nitrogens with zero attached hydrogens (tertiary/aromatic N) is 1. The van der Waals surface area contributed by atoms with Crippen molar-refractivity contribution in [1.29, 1.82) is 0 Å². The van der Waals surface area contributed by atoms with Crippen LogP contribution in [0.15, 0.2) is 41.6 Å². The Kier molecular flexibility index (Phi) is 8.76. The molecule has 8 nitrogen and oxygen atoms in total. The number of hydrogen-bond donors (Lipinski definition) is 0. The largest absolute Gasteiger partial charge is 0.467 e. The van der Waals surface area contributed by atoms with E-state index in [1.807, 2.05) is 0 Å². The summed E-state index contributed by atoms with van der Waals surface area (Å²) in [5.41, 5.74) is -1.09. The number of Topliss-reactive ketones (excluding diaryl/α,β-unsaturated/α-hetero) is 1. The maximum absolute atomic E-state index is 13.1. The average Bonchev–Trinajstić information content (AvgIpc) is 2.66. The van der Waals surface area contributed by atoms with Crippen molar-refractivity contribution in [2.75, 3.05) is 13.7 Å². The number of amides is 1. The minimum Gasteiger partial charge on any atom is -0.467 e. The molecular weight excluding hydrogens is 390 g/mol. The molecule has 1 aromatic rings. The average molecular weight is 419 g/mol. The molecule has 0 aliphatic heterocycles. The summed E-state index contributed by atoms with van der Waals surface area (Å²) in [5, 5.41) is 0. The molecule has 1 aromatic carbocycles. The minimum atomic E-state index is -1.15. The number of ether oxygens (including phenoxy) is 3. The second-order valence-electron chi connectivity index (χ2n) is 7.43. The molecule has 0 aromatic heterocycles. The van der Waals surface area contributed by atoms with E-state index in [0.29, 0.717) is 0 Å². The number of benzene rings is 1. The van der Waals surface area contributed by atoms with Crippen molar-refractivity contribution in [1.82, 2.24) is 4.90 Å². The highest BCUT2D eigenvalue weighted by Crippen LogP contribution is 2.23. The van der Waals surface area contributed by atoms with Crippen LogP contribution in [-0.2, 0) is 23.8 Å². The van der Waals surface area contributed by atoms with Crippen LogP contribution in [-0.4, -0.2) is 54.1 Å². The molecule has 8 heteroatoms. The molecule has 0 saturated carbocycles. The number of ketones is 1. The van der Waals surface area contributed by atoms with E-state index in [0.717, 1.165) is 4.90 Å². The van der Waals surface area contributed by atoms with E-state index in [1.165, 1.54) is 33.1 Å². The first-order chi connectivity index (χ1) is 13.9. The van der Waals surface area contributed by atoms with Crippen molar-refractivity contribution in [3.8, 4) is 0 Å². The third-order valence-electron chi connectivity index (χ3n) is 3.99. The van der Waals surface area contributed by atoms with Crippen LogP contribution in [0, 0.1) is 0 Å². The molecular formula is C22H29NO7. The molecule has 0 radical (unpaired) electrons. The standard InChI is InChI=1S/C22H29NO7/c1-8-29-20(26)17(18(24)16-12-10-9-11-13-16)14(2)23(15(3)19(25)28-7)21(27)30-22(4,5)6/h9-13,15H,8H2,1-7H3/b17-14+/t15-/m0/s1. The minimum absolute atomic E-state index is 0.0245. The Morgan fingerprint density at radius 1 is 1.07 bits per heavy atom. The van der Waals surface area contributed by atoms with Gasteiger partial charge in [0.2, 0.25) is 5.78 Å². The first-order valence-corrected chi connectivity index (χ1v) is 9.52. The third kappa shape index (κ3) is 6.43. The van der Waals surface area contributed by atoms with Gasteiger partial charge in [0.15, 0.2) is 0 Å². The van der Waals surface area contributed by atoms with E-state index in [1.54, 1.807) is 45.9 Å². The van der Waals surface area contributed by atoms with Gasteiger partial charge in [-0.2, -0.15) is 0 Å². The summed E-state index contributed by atoms with van der Waals surface area (Å²) in [6, 6.07) is 6.94. The molecule has 0 heterocycles. The number of hydrogen-bond acceptors (Lipinski definition) is 7. The lowest BCUT2D eigenvalue weighted by Crippen LogP contribution is -2.46. The zero-order chi connectivity index (χ0) is 23.1. The molecule has 0 saturated heterocycles. The Bertz CT molecular complexity index is 822. The highest BCUT2D eigenvalue weighted by atomic mass is 16.6. The second-order valence-corrected chi connectivity index (χ2v) is 7.43. The number of esters is 2. The van der Waals surface area contributed by atoms with Gasteiger partial charge in [0.1, 0.15) is 17.2 Å². The van der Waals surface area contributed by atoms with Crippen molar-refractivity contribution in [2.24, 2.45) is 0 Å². The highest BCUT2D eigenvalue weighted by Gasteiger charge is 2.36. The van der Waals surface area contributed by atoms with Gasteiger partial charge in [0.25, 0.3) is 0 Å². The van der Waals surface area contributed by atoms with Gasteiger partial charge in [-0.05, 0) is 41.5 Å². The first-order valence-electron chi connectivity index (χ1n) is 9.52. The van der Waals surface area contributed by atoms with Crippen LogP contribution in [0.5, 0.6) is 0 Å². The van der Waals surface area contributed by atoms with Crippen LogP contribution in [0.1, 0.15) is 51.9 Å². The zero-order valence-corrected chi connectivity index (χ0v) is 18.5. The van der Waals surface area contributed by atoms with Crippen LogP contribution in [0.4, 0.5) is 4.79 Å². The Morgan fingerprint density at radius 3 is 2.10 bits per heavy atom. The van der Waals surface area contributed by atoms with E-state index >= 15 is 0 Å². The molecule has 0 spiro atoms. The molecule has 1 atom stereocenters. The van der Waals surface area contributed by atoms with Gasteiger partial charge in [-0.15, -0.1) is 0 Å². The normalized spacial score (nSPS) is 12.9. The molecule has 1 amide bonds. The highest BCUT2D eigenvalue weighted by molar-refractivity contribution is 6.24. The number of carbonyl (C=O) groups excluding carboxylic acids is 4. The van der Waals surface area contributed by atoms with Gasteiger partial charge in [-0.3, -0.25) is 9.69 Å². The smallest absolute Gasteiger partial charge is 0.415 e. The maximum Gasteiger partial charge on any atom is 0.415 e. The first kappa shape index (κ1) is 24.9. The lowest BCUT2D eigenvalue weighted by atomic mass is 10.0. The molecule has 0 unspecified atom stereocenters. The maximum atomic E-state index is 13.1. The quantitative estimate of drug-likeness (QED) is 0.167. The number of rotatable bonds is 7. The van der Waals surface area contributed by atoms with E-state index in [-0.39, 0.29) is 23.4 Å². The molecule has 1 rings (SSSR count). The SMILES string of the molecule is CCOC(=O)/C(C(=O)c1ccccc1)=C(\C)N(C(=O)OC(C)(C)C)[C@@H](C)C(=O)OC. The van der Waals surface area contributed by atoms with Gasteiger partial charge >= 0.3 is 18.0 Å². The monoisotopic (exact) mass is 419 g/mol. The molecule has 0 N–H and O–H groups in total. The van der Waals surface area contributed by atoms with E-state index in [4.69, 9.17) is 14.2 Å². The van der Waals surface area contributed by atoms with E-state index in [9.17, 15) is 19.2 Å². The van der Waals surface area contributed by atoms with E-state index in [2.05, 4.69) is 0 Å². The van der Waals surface area contributed by atoms with Gasteiger partial charge in [0, 0.05) is 11.3 Å². The van der Waals surface area contributed by atoms with Crippen molar-refractivity contribution in [3.63, 3.8) is 0 Å². The number of methoxy groups -OCH3 is 1. The predicted molar refractivity (Wildman–Crippen MR) is 110 cm³/mol. The number of carbonyl (C=O) groups is 4. The molecule has 164 valence electrons. The predicted octanol–water partition coefficient (Wildman–Crippen LogP) is 3.51. The zero-order valence-electron chi connectivity index (χ0n) is 18.5. The summed E-state index contributed by atoms with van der Waals surface area (Å²) >= 11 is 0. The Labute approximate surface area is 176 Å². The summed E-state index contributed by atoms with van der Waals surface area (Å²) in [7, 11) is 1.17. The fraction of sp³-hybridized carbons (Fsp3) is 0.455. The summed E-state index contributed by atoms with van der Waals surface area (Å²) in [6.07, 6.45) is -0.902. The Morgan fingerprint density at radius 2 is 1.63 bits per heavy atom. The van der Waals surface area contributed by atoms with Gasteiger partial charge in [-0.1, -0.05) is 30.3 Å². The van der Waals surface area contributed by atoms with Crippen molar-refractivity contribution in [3.05, 3.63) is 47.2 Å². The third-order valence-corrected chi connectivity index (χ3v) is 3.99. The summed E-state index contributed by atoms with van der Waals surface area (Å²) in [5.74, 6) is -2.29. The van der Waals surface area contributed by atoms with Crippen LogP contribution < -0.4 is 0 Å². The molecule has 0 bridgehead atoms. The van der Waals surface area contributed by atoms with Crippen molar-refractivity contribution < 1.29 is 33.4 Å². The Balaban J connectivity index is 3.65. The fourth-order valence-electron chi connectivity index (χ4n) is 2.63. The fourth-order valence-corrected chi connectivity index (χ4v) is 2.63. The topological polar surface area (TPSA) is 99.2 Å². The van der Waals surface area contributed by atoms with Crippen LogP contribution >= 0.6 is 0 Å². The molecule has 0 fully saturated rings. The molecule has 0 aliphatic carbocycles. The molecule has 0 aliphatic rings. The van der Waals surface area contributed by atoms with Gasteiger partial charge in [-0.25, -0.2) is 14.4 Å². The number of allylic oxidation sites excluding steroid dienone is 1. The second kappa shape index (κ2) is 10.6. The summed E-state index contributed by atoms with van der Waals surface area (Å²) in [6.45, 7) is 9.40. The van der Waals surface area contributed by atoms with Gasteiger partial charge < -0.3 is 14.2 Å². The van der Waals surface area contributed by atoms with Gasteiger partial charge in [0.05, 0.1) is 13.7 Å². The summed E-state index contributed by atoms with van der Waals surface area (Å²) < 4.78 is 15.2. The Hall–Kier alpha value is -3.16. The lowest BCUT2D eigenvalue weighted by Gasteiger charge is -2.31. The van der Waals surface area contributed by atoms with Crippen LogP contribution in [0.2, 0.25) is 0 Å². The lowest BCUT2D eigenvalue weighted by molar-refractivity contribution is -0.145. The van der Waals surface area contributed by atoms with Crippen LogP contribution in [0.25, 0.3) is 0 Å². The van der Waals surface area contributed by atoms with Crippen molar-refractivity contribution >= 4 is 23.8 Å². The summed E-state index contributed by atoms with van der Waals surface area (Å²) in [4.78, 5) is 51.8. The van der Waals surface area contributed by atoms with Crippen LogP contribution in [0.3, 0.4) is 0 Å². The van der Waals surface area contributed by atoms with Crippen molar-refractivity contribution in [2.45, 2.75) is 53.2 Å². The van der Waals surface area contributed by atoms with E-state index < -0.39 is 35.5 Å².